The summed E-state index contributed by atoms with van der Waals surface area (Å²) in [5.74, 6) is 0.670. The highest BCUT2D eigenvalue weighted by atomic mass is 16.4. The van der Waals surface area contributed by atoms with Crippen LogP contribution < -0.4 is 0 Å². The summed E-state index contributed by atoms with van der Waals surface area (Å²) < 4.78 is 5.78. The molecule has 1 aliphatic rings. The molecule has 8 rings (SSSR count). The molecule has 0 bridgehead atoms. The number of nitrogens with zero attached hydrogens (tertiary/aromatic N) is 2. The largest absolute Gasteiger partial charge is 0.426 e. The van der Waals surface area contributed by atoms with Crippen molar-refractivity contribution < 1.29 is 4.42 Å². The number of hydrogen-bond acceptors (Lipinski definition) is 3. The second kappa shape index (κ2) is 8.28. The van der Waals surface area contributed by atoms with Crippen LogP contribution in [0.15, 0.2) is 126 Å². The third-order valence-electron chi connectivity index (χ3n) is 7.77. The van der Waals surface area contributed by atoms with Crippen LogP contribution in [0.3, 0.4) is 0 Å². The summed E-state index contributed by atoms with van der Waals surface area (Å²) in [6, 6.07) is 42.9. The van der Waals surface area contributed by atoms with E-state index in [2.05, 4.69) is 126 Å². The first-order valence-electron chi connectivity index (χ1n) is 13.0. The van der Waals surface area contributed by atoms with Gasteiger partial charge < -0.3 is 4.42 Å². The molecule has 0 aliphatic heterocycles. The number of fused-ring (bicyclic) bond motifs is 4. The van der Waals surface area contributed by atoms with Crippen molar-refractivity contribution in [2.45, 2.75) is 0 Å². The lowest BCUT2D eigenvalue weighted by Gasteiger charge is -2.20. The van der Waals surface area contributed by atoms with E-state index in [9.17, 15) is 5.26 Å². The van der Waals surface area contributed by atoms with Crippen molar-refractivity contribution in [1.82, 2.24) is 4.98 Å². The van der Waals surface area contributed by atoms with Gasteiger partial charge in [0.25, 0.3) is 0 Å². The zero-order chi connectivity index (χ0) is 25.9. The van der Waals surface area contributed by atoms with Crippen LogP contribution in [-0.2, 0) is 0 Å². The van der Waals surface area contributed by atoms with Crippen LogP contribution in [-0.4, -0.2) is 4.98 Å². The number of aromatic nitrogens is 1. The topological polar surface area (TPSA) is 49.8 Å². The minimum absolute atomic E-state index is 0.209. The van der Waals surface area contributed by atoms with Gasteiger partial charge in [-0.25, -0.2) is 4.98 Å². The molecule has 0 saturated carbocycles. The minimum Gasteiger partial charge on any atom is -0.426 e. The van der Waals surface area contributed by atoms with E-state index in [0.717, 1.165) is 10.9 Å². The molecule has 3 nitrogen and oxygen atoms in total. The summed E-state index contributed by atoms with van der Waals surface area (Å²) in [4.78, 5) is 4.42. The van der Waals surface area contributed by atoms with E-state index in [-0.39, 0.29) is 5.76 Å². The van der Waals surface area contributed by atoms with Crippen molar-refractivity contribution in [1.29, 1.82) is 5.26 Å². The van der Waals surface area contributed by atoms with Gasteiger partial charge in [0.05, 0.1) is 6.20 Å². The zero-order valence-electron chi connectivity index (χ0n) is 20.8. The van der Waals surface area contributed by atoms with Gasteiger partial charge in [-0.3, -0.25) is 0 Å². The monoisotopic (exact) mass is 496 g/mol. The first-order valence-corrected chi connectivity index (χ1v) is 13.0. The molecule has 6 aromatic carbocycles. The first kappa shape index (κ1) is 21.6. The molecule has 0 atom stereocenters. The second-order valence-corrected chi connectivity index (χ2v) is 9.81. The Balaban J connectivity index is 1.57. The summed E-state index contributed by atoms with van der Waals surface area (Å²) in [5, 5.41) is 14.0. The third kappa shape index (κ3) is 3.06. The normalized spacial score (nSPS) is 11.6. The predicted octanol–water partition coefficient (Wildman–Crippen LogP) is 9.50. The standard InChI is InChI=1S/C36H20N2O/c37-20-24-21-38-36(39-24)28-18-19-30-33-27(28)16-9-17-29(33)34-31(22-10-3-1-4-11-22)25-14-7-8-15-26(25)32(35(30)34)23-12-5-2-6-13-23/h1-19,21H. The summed E-state index contributed by atoms with van der Waals surface area (Å²) in [7, 11) is 0. The smallest absolute Gasteiger partial charge is 0.228 e. The molecule has 1 heterocycles. The average Bonchev–Trinajstić information content (AvgIpc) is 3.61. The van der Waals surface area contributed by atoms with Crippen molar-refractivity contribution in [3.05, 3.63) is 127 Å². The number of benzene rings is 6. The fourth-order valence-corrected chi connectivity index (χ4v) is 6.25. The molecule has 0 fully saturated rings. The van der Waals surface area contributed by atoms with E-state index in [4.69, 9.17) is 4.42 Å². The van der Waals surface area contributed by atoms with Crippen molar-refractivity contribution in [2.24, 2.45) is 0 Å². The van der Waals surface area contributed by atoms with Crippen LogP contribution in [0.1, 0.15) is 5.76 Å². The Morgan fingerprint density at radius 2 is 1.05 bits per heavy atom. The molecule has 39 heavy (non-hydrogen) atoms. The Morgan fingerprint density at radius 3 is 1.64 bits per heavy atom. The van der Waals surface area contributed by atoms with Crippen LogP contribution >= 0.6 is 0 Å². The minimum atomic E-state index is 0.209. The maximum atomic E-state index is 9.31. The molecule has 0 N–H and O–H groups in total. The van der Waals surface area contributed by atoms with Crippen molar-refractivity contribution in [3.63, 3.8) is 0 Å². The van der Waals surface area contributed by atoms with Crippen LogP contribution in [0.5, 0.6) is 0 Å². The van der Waals surface area contributed by atoms with E-state index >= 15 is 0 Å². The summed E-state index contributed by atoms with van der Waals surface area (Å²) in [6.45, 7) is 0. The Bertz CT molecular complexity index is 2020. The van der Waals surface area contributed by atoms with Gasteiger partial charge in [-0.05, 0) is 72.1 Å². The lowest BCUT2D eigenvalue weighted by atomic mass is 9.82. The van der Waals surface area contributed by atoms with E-state index in [1.54, 1.807) is 0 Å². The van der Waals surface area contributed by atoms with Gasteiger partial charge in [-0.15, -0.1) is 0 Å². The lowest BCUT2D eigenvalue weighted by Crippen LogP contribution is -1.93. The Morgan fingerprint density at radius 1 is 0.513 bits per heavy atom. The van der Waals surface area contributed by atoms with E-state index in [0.29, 0.717) is 5.89 Å². The van der Waals surface area contributed by atoms with Gasteiger partial charge in [0.15, 0.2) is 0 Å². The first-order chi connectivity index (χ1) is 19.3. The molecular weight excluding hydrogens is 476 g/mol. The summed E-state index contributed by atoms with van der Waals surface area (Å²) in [5.41, 5.74) is 10.7. The van der Waals surface area contributed by atoms with Crippen LogP contribution in [0.4, 0.5) is 0 Å². The molecule has 0 saturated heterocycles. The molecule has 0 spiro atoms. The van der Waals surface area contributed by atoms with Gasteiger partial charge in [0.1, 0.15) is 6.07 Å². The van der Waals surface area contributed by atoms with Crippen molar-refractivity contribution in [3.8, 4) is 62.0 Å². The van der Waals surface area contributed by atoms with Gasteiger partial charge in [0, 0.05) is 5.56 Å². The molecule has 0 unspecified atom stereocenters. The highest BCUT2D eigenvalue weighted by Crippen LogP contribution is 2.58. The summed E-state index contributed by atoms with van der Waals surface area (Å²) >= 11 is 0. The predicted molar refractivity (Wildman–Crippen MR) is 157 cm³/mol. The van der Waals surface area contributed by atoms with Crippen LogP contribution in [0.25, 0.3) is 77.5 Å². The molecule has 1 aromatic heterocycles. The van der Waals surface area contributed by atoms with E-state index < -0.39 is 0 Å². The lowest BCUT2D eigenvalue weighted by molar-refractivity contribution is 0.561. The van der Waals surface area contributed by atoms with E-state index in [1.165, 1.54) is 66.9 Å². The average molecular weight is 497 g/mol. The van der Waals surface area contributed by atoms with Crippen molar-refractivity contribution >= 4 is 21.5 Å². The van der Waals surface area contributed by atoms with Crippen LogP contribution in [0, 0.1) is 11.3 Å². The van der Waals surface area contributed by atoms with Crippen molar-refractivity contribution in [2.75, 3.05) is 0 Å². The number of hydrogen-bond donors (Lipinski definition) is 0. The van der Waals surface area contributed by atoms with Gasteiger partial charge >= 0.3 is 0 Å². The Kier molecular flexibility index (Phi) is 4.59. The maximum absolute atomic E-state index is 9.31. The fourth-order valence-electron chi connectivity index (χ4n) is 6.25. The Labute approximate surface area is 225 Å². The Hall–Kier alpha value is -5.46. The molecular formula is C36H20N2O. The van der Waals surface area contributed by atoms with Crippen LogP contribution in [0.2, 0.25) is 0 Å². The zero-order valence-corrected chi connectivity index (χ0v) is 20.8. The highest BCUT2D eigenvalue weighted by molar-refractivity contribution is 6.28. The molecule has 180 valence electrons. The second-order valence-electron chi connectivity index (χ2n) is 9.81. The molecule has 1 aliphatic carbocycles. The highest BCUT2D eigenvalue weighted by Gasteiger charge is 2.31. The molecule has 7 aromatic rings. The molecule has 3 heteroatoms. The number of oxazole rings is 1. The summed E-state index contributed by atoms with van der Waals surface area (Å²) in [6.07, 6.45) is 1.49. The van der Waals surface area contributed by atoms with Gasteiger partial charge in [0.2, 0.25) is 11.7 Å². The SMILES string of the molecule is N#Cc1cnc(-c2ccc3c4c(cccc24)-c2c-3c(-c3ccccc3)c3ccccc3c2-c2ccccc2)o1. The van der Waals surface area contributed by atoms with Gasteiger partial charge in [-0.2, -0.15) is 5.26 Å². The van der Waals surface area contributed by atoms with Gasteiger partial charge in [-0.1, -0.05) is 109 Å². The number of nitriles is 1. The third-order valence-corrected chi connectivity index (χ3v) is 7.77. The molecule has 0 radical (unpaired) electrons. The quantitative estimate of drug-likeness (QED) is 0.245. The number of rotatable bonds is 3. The van der Waals surface area contributed by atoms with E-state index in [1.807, 2.05) is 0 Å². The maximum Gasteiger partial charge on any atom is 0.228 e. The molecule has 0 amide bonds. The fraction of sp³-hybridized carbons (Fsp3) is 0.